The molecular weight excluding hydrogens is 290 g/mol. The molecule has 1 N–H and O–H groups in total. The number of carboxylic acids is 1. The number of rotatable bonds is 3. The summed E-state index contributed by atoms with van der Waals surface area (Å²) in [7, 11) is 0. The van der Waals surface area contributed by atoms with Crippen LogP contribution in [0.2, 0.25) is 0 Å². The van der Waals surface area contributed by atoms with Gasteiger partial charge in [0.2, 0.25) is 0 Å². The van der Waals surface area contributed by atoms with Crippen LogP contribution in [0.25, 0.3) is 0 Å². The van der Waals surface area contributed by atoms with Gasteiger partial charge in [-0.25, -0.2) is 4.98 Å². The first-order valence-electron chi connectivity index (χ1n) is 5.18. The molecule has 1 saturated carbocycles. The molecule has 2 unspecified atom stereocenters. The predicted molar refractivity (Wildman–Crippen MR) is 66.6 cm³/mol. The van der Waals surface area contributed by atoms with Crippen molar-refractivity contribution in [1.82, 2.24) is 4.98 Å². The first kappa shape index (κ1) is 11.9. The van der Waals surface area contributed by atoms with Crippen molar-refractivity contribution in [2.75, 3.05) is 0 Å². The number of carboxylic acid groups (broad SMARTS) is 1. The van der Waals surface area contributed by atoms with E-state index in [1.165, 1.54) is 0 Å². The third kappa shape index (κ3) is 2.77. The van der Waals surface area contributed by atoms with Gasteiger partial charge in [-0.1, -0.05) is 6.42 Å². The lowest BCUT2D eigenvalue weighted by molar-refractivity contribution is -0.141. The summed E-state index contributed by atoms with van der Waals surface area (Å²) in [5.74, 6) is -0.887. The lowest BCUT2D eigenvalue weighted by Gasteiger charge is -2.14. The minimum atomic E-state index is -0.674. The molecule has 0 amide bonds. The van der Waals surface area contributed by atoms with E-state index in [-0.39, 0.29) is 11.2 Å². The van der Waals surface area contributed by atoms with Crippen LogP contribution in [0.15, 0.2) is 27.8 Å². The lowest BCUT2D eigenvalue weighted by atomic mass is 10.1. The number of nitrogens with zero attached hydrogens (tertiary/aromatic N) is 1. The zero-order valence-electron chi connectivity index (χ0n) is 8.60. The SMILES string of the molecule is O=C(O)C1CCCC1Sc1ccc(Br)cn1. The highest BCUT2D eigenvalue weighted by molar-refractivity contribution is 9.10. The lowest BCUT2D eigenvalue weighted by Crippen LogP contribution is -2.20. The molecule has 16 heavy (non-hydrogen) atoms. The fourth-order valence-corrected chi connectivity index (χ4v) is 3.44. The molecule has 1 aliphatic rings. The number of aliphatic carboxylic acids is 1. The van der Waals surface area contributed by atoms with Crippen LogP contribution in [0.5, 0.6) is 0 Å². The van der Waals surface area contributed by atoms with Gasteiger partial charge in [-0.3, -0.25) is 4.79 Å². The zero-order valence-corrected chi connectivity index (χ0v) is 11.0. The molecule has 5 heteroatoms. The van der Waals surface area contributed by atoms with Crippen LogP contribution in [0, 0.1) is 5.92 Å². The number of pyridine rings is 1. The van der Waals surface area contributed by atoms with Crippen LogP contribution in [0.4, 0.5) is 0 Å². The highest BCUT2D eigenvalue weighted by atomic mass is 79.9. The van der Waals surface area contributed by atoms with Gasteiger partial charge in [0.15, 0.2) is 0 Å². The summed E-state index contributed by atoms with van der Waals surface area (Å²) in [5.41, 5.74) is 0. The molecule has 1 heterocycles. The van der Waals surface area contributed by atoms with Crippen LogP contribution in [-0.2, 0) is 4.79 Å². The van der Waals surface area contributed by atoms with Crippen LogP contribution in [0.3, 0.4) is 0 Å². The van der Waals surface area contributed by atoms with E-state index in [0.717, 1.165) is 28.8 Å². The monoisotopic (exact) mass is 301 g/mol. The van der Waals surface area contributed by atoms with Crippen molar-refractivity contribution in [3.05, 3.63) is 22.8 Å². The van der Waals surface area contributed by atoms with Crippen molar-refractivity contribution < 1.29 is 9.90 Å². The largest absolute Gasteiger partial charge is 0.481 e. The van der Waals surface area contributed by atoms with Crippen molar-refractivity contribution in [1.29, 1.82) is 0 Å². The molecule has 0 spiro atoms. The maximum absolute atomic E-state index is 11.0. The van der Waals surface area contributed by atoms with Crippen molar-refractivity contribution in [3.8, 4) is 0 Å². The van der Waals surface area contributed by atoms with E-state index in [1.807, 2.05) is 12.1 Å². The Bertz CT molecular complexity index is 382. The Morgan fingerprint density at radius 2 is 2.31 bits per heavy atom. The van der Waals surface area contributed by atoms with Crippen LogP contribution in [0.1, 0.15) is 19.3 Å². The van der Waals surface area contributed by atoms with Gasteiger partial charge in [-0.2, -0.15) is 0 Å². The van der Waals surface area contributed by atoms with Gasteiger partial charge >= 0.3 is 5.97 Å². The molecule has 1 aromatic rings. The van der Waals surface area contributed by atoms with E-state index in [0.29, 0.717) is 0 Å². The topological polar surface area (TPSA) is 50.2 Å². The summed E-state index contributed by atoms with van der Waals surface area (Å²) >= 11 is 4.91. The Morgan fingerprint density at radius 1 is 1.50 bits per heavy atom. The number of hydrogen-bond acceptors (Lipinski definition) is 3. The van der Waals surface area contributed by atoms with Crippen LogP contribution < -0.4 is 0 Å². The first-order valence-corrected chi connectivity index (χ1v) is 6.85. The number of aromatic nitrogens is 1. The highest BCUT2D eigenvalue weighted by Gasteiger charge is 2.33. The fraction of sp³-hybridized carbons (Fsp3) is 0.455. The third-order valence-electron chi connectivity index (χ3n) is 2.74. The van der Waals surface area contributed by atoms with Crippen molar-refractivity contribution in [3.63, 3.8) is 0 Å². The van der Waals surface area contributed by atoms with E-state index >= 15 is 0 Å². The van der Waals surface area contributed by atoms with Crippen molar-refractivity contribution in [2.24, 2.45) is 5.92 Å². The summed E-state index contributed by atoms with van der Waals surface area (Å²) in [6, 6.07) is 3.85. The second kappa shape index (κ2) is 5.19. The van der Waals surface area contributed by atoms with Gasteiger partial charge in [0.05, 0.1) is 10.9 Å². The minimum Gasteiger partial charge on any atom is -0.481 e. The van der Waals surface area contributed by atoms with Gasteiger partial charge in [0.25, 0.3) is 0 Å². The van der Waals surface area contributed by atoms with Gasteiger partial charge in [0, 0.05) is 15.9 Å². The van der Waals surface area contributed by atoms with E-state index in [2.05, 4.69) is 20.9 Å². The average molecular weight is 302 g/mol. The normalized spacial score (nSPS) is 24.6. The Hall–Kier alpha value is -0.550. The molecule has 3 nitrogen and oxygen atoms in total. The minimum absolute atomic E-state index is 0.172. The second-order valence-corrected chi connectivity index (χ2v) is 6.02. The molecular formula is C11H12BrNO2S. The third-order valence-corrected chi connectivity index (χ3v) is 4.56. The molecule has 1 aliphatic carbocycles. The van der Waals surface area contributed by atoms with Crippen LogP contribution >= 0.6 is 27.7 Å². The average Bonchev–Trinajstić information content (AvgIpc) is 2.69. The zero-order chi connectivity index (χ0) is 11.5. The maximum atomic E-state index is 11.0. The summed E-state index contributed by atoms with van der Waals surface area (Å²) < 4.78 is 0.943. The molecule has 0 radical (unpaired) electrons. The summed E-state index contributed by atoms with van der Waals surface area (Å²) in [4.78, 5) is 15.3. The summed E-state index contributed by atoms with van der Waals surface area (Å²) in [6.45, 7) is 0. The number of carbonyl (C=O) groups is 1. The van der Waals surface area contributed by atoms with E-state index in [4.69, 9.17) is 5.11 Å². The molecule has 86 valence electrons. The van der Waals surface area contributed by atoms with Gasteiger partial charge in [0.1, 0.15) is 0 Å². The molecule has 0 bridgehead atoms. The van der Waals surface area contributed by atoms with Gasteiger partial charge in [-0.15, -0.1) is 11.8 Å². The Kier molecular flexibility index (Phi) is 3.86. The Labute approximate surface area is 107 Å². The molecule has 0 saturated heterocycles. The van der Waals surface area contributed by atoms with Crippen molar-refractivity contribution in [2.45, 2.75) is 29.5 Å². The van der Waals surface area contributed by atoms with Crippen molar-refractivity contribution >= 4 is 33.7 Å². The van der Waals surface area contributed by atoms with Gasteiger partial charge < -0.3 is 5.11 Å². The van der Waals surface area contributed by atoms with E-state index < -0.39 is 5.97 Å². The molecule has 2 atom stereocenters. The molecule has 2 rings (SSSR count). The summed E-state index contributed by atoms with van der Waals surface area (Å²) in [6.07, 6.45) is 4.52. The smallest absolute Gasteiger partial charge is 0.307 e. The van der Waals surface area contributed by atoms with Gasteiger partial charge in [-0.05, 0) is 40.9 Å². The van der Waals surface area contributed by atoms with E-state index in [1.54, 1.807) is 18.0 Å². The second-order valence-electron chi connectivity index (χ2n) is 3.85. The quantitative estimate of drug-likeness (QED) is 0.931. The Balaban J connectivity index is 2.03. The first-order chi connectivity index (χ1) is 7.66. The number of thioether (sulfide) groups is 1. The maximum Gasteiger partial charge on any atom is 0.307 e. The molecule has 1 aromatic heterocycles. The molecule has 0 aliphatic heterocycles. The molecule has 1 fully saturated rings. The molecule has 0 aromatic carbocycles. The van der Waals surface area contributed by atoms with E-state index in [9.17, 15) is 4.79 Å². The Morgan fingerprint density at radius 3 is 2.94 bits per heavy atom. The highest BCUT2D eigenvalue weighted by Crippen LogP contribution is 2.38. The fourth-order valence-electron chi connectivity index (χ4n) is 1.94. The number of halogens is 1. The standard InChI is InChI=1S/C11H12BrNO2S/c12-7-4-5-10(13-6-7)16-9-3-1-2-8(9)11(14)15/h4-6,8-9H,1-3H2,(H,14,15). The van der Waals surface area contributed by atoms with Crippen LogP contribution in [-0.4, -0.2) is 21.3 Å². The summed E-state index contributed by atoms with van der Waals surface area (Å²) in [5, 5.41) is 10.1. The predicted octanol–water partition coefficient (Wildman–Crippen LogP) is 3.19. The number of hydrogen-bond donors (Lipinski definition) is 1.